The monoisotopic (exact) mass is 216 g/mol. The van der Waals surface area contributed by atoms with Gasteiger partial charge < -0.3 is 21.2 Å². The number of amidine groups is 1. The van der Waals surface area contributed by atoms with Gasteiger partial charge in [-0.3, -0.25) is 0 Å². The van der Waals surface area contributed by atoms with Crippen molar-refractivity contribution in [2.45, 2.75) is 39.8 Å². The van der Waals surface area contributed by atoms with Crippen molar-refractivity contribution < 1.29 is 10.0 Å². The van der Waals surface area contributed by atoms with Gasteiger partial charge in [0.15, 0.2) is 5.84 Å². The van der Waals surface area contributed by atoms with Gasteiger partial charge in [0.1, 0.15) is 0 Å². The topological polar surface area (TPSA) is 91.0 Å². The zero-order valence-corrected chi connectivity index (χ0v) is 9.69. The second-order valence-electron chi connectivity index (χ2n) is 3.92. The number of nitrogens with one attached hydrogen (secondary N) is 1. The molecule has 4 N–H and O–H groups in total. The fourth-order valence-corrected chi connectivity index (χ4v) is 1.02. The van der Waals surface area contributed by atoms with Crippen LogP contribution in [0.3, 0.4) is 0 Å². The van der Waals surface area contributed by atoms with Crippen molar-refractivity contribution in [2.75, 3.05) is 6.54 Å². The predicted molar refractivity (Wildman–Crippen MR) is 58.9 cm³/mol. The van der Waals surface area contributed by atoms with Gasteiger partial charge in [-0.25, -0.2) is 4.79 Å². The summed E-state index contributed by atoms with van der Waals surface area (Å²) in [6.07, 6.45) is 0. The fourth-order valence-electron chi connectivity index (χ4n) is 1.02. The molecule has 88 valence electrons. The van der Waals surface area contributed by atoms with Gasteiger partial charge in [0.25, 0.3) is 0 Å². The Morgan fingerprint density at radius 2 is 2.00 bits per heavy atom. The second kappa shape index (κ2) is 6.10. The third kappa shape index (κ3) is 5.09. The zero-order valence-electron chi connectivity index (χ0n) is 9.69. The van der Waals surface area contributed by atoms with E-state index in [0.29, 0.717) is 0 Å². The van der Waals surface area contributed by atoms with Crippen LogP contribution in [0, 0.1) is 0 Å². The molecule has 15 heavy (non-hydrogen) atoms. The average Bonchev–Trinajstić information content (AvgIpc) is 2.11. The average molecular weight is 216 g/mol. The van der Waals surface area contributed by atoms with Crippen molar-refractivity contribution in [3.05, 3.63) is 0 Å². The standard InChI is InChI=1S/C9H20N4O2/c1-6(2)11-9(14)13(7(3)4)5-8(10)12-15/h6-7,15H,5H2,1-4H3,(H2,10,12)(H,11,14). The summed E-state index contributed by atoms with van der Waals surface area (Å²) in [7, 11) is 0. The molecule has 6 heteroatoms. The predicted octanol–water partition coefficient (Wildman–Crippen LogP) is 0.561. The molecule has 0 aromatic rings. The summed E-state index contributed by atoms with van der Waals surface area (Å²) in [5, 5.41) is 14.0. The molecular weight excluding hydrogens is 196 g/mol. The first-order valence-corrected chi connectivity index (χ1v) is 4.92. The molecule has 0 unspecified atom stereocenters. The molecular formula is C9H20N4O2. The molecule has 0 rings (SSSR count). The van der Waals surface area contributed by atoms with Crippen LogP contribution >= 0.6 is 0 Å². The number of nitrogens with zero attached hydrogens (tertiary/aromatic N) is 2. The molecule has 0 aliphatic carbocycles. The first-order valence-electron chi connectivity index (χ1n) is 4.92. The summed E-state index contributed by atoms with van der Waals surface area (Å²) in [4.78, 5) is 13.2. The number of nitrogens with two attached hydrogens (primary N) is 1. The number of hydrogen-bond acceptors (Lipinski definition) is 3. The molecule has 0 aromatic carbocycles. The number of rotatable bonds is 4. The first-order chi connectivity index (χ1) is 6.88. The van der Waals surface area contributed by atoms with Crippen LogP contribution in [0.1, 0.15) is 27.7 Å². The molecule has 0 saturated heterocycles. The highest BCUT2D eigenvalue weighted by Gasteiger charge is 2.18. The maximum absolute atomic E-state index is 11.7. The Bertz CT molecular complexity index is 238. The van der Waals surface area contributed by atoms with E-state index in [9.17, 15) is 4.79 Å². The largest absolute Gasteiger partial charge is 0.409 e. The minimum Gasteiger partial charge on any atom is -0.409 e. The van der Waals surface area contributed by atoms with Crippen LogP contribution < -0.4 is 11.1 Å². The smallest absolute Gasteiger partial charge is 0.318 e. The summed E-state index contributed by atoms with van der Waals surface area (Å²) in [6, 6.07) is -0.165. The van der Waals surface area contributed by atoms with Gasteiger partial charge in [0.05, 0.1) is 6.54 Å². The van der Waals surface area contributed by atoms with Crippen LogP contribution in [0.15, 0.2) is 5.16 Å². The Kier molecular flexibility index (Phi) is 5.51. The van der Waals surface area contributed by atoms with E-state index in [-0.39, 0.29) is 30.5 Å². The van der Waals surface area contributed by atoms with Crippen LogP contribution in [-0.2, 0) is 0 Å². The van der Waals surface area contributed by atoms with E-state index in [0.717, 1.165) is 0 Å². The highest BCUT2D eigenvalue weighted by Crippen LogP contribution is 1.99. The Labute approximate surface area is 90.1 Å². The number of hydrogen-bond donors (Lipinski definition) is 3. The van der Waals surface area contributed by atoms with E-state index >= 15 is 0 Å². The van der Waals surface area contributed by atoms with Crippen molar-refractivity contribution in [3.63, 3.8) is 0 Å². The van der Waals surface area contributed by atoms with E-state index in [4.69, 9.17) is 10.9 Å². The van der Waals surface area contributed by atoms with Gasteiger partial charge in [0, 0.05) is 12.1 Å². The summed E-state index contributed by atoms with van der Waals surface area (Å²) in [5.41, 5.74) is 5.36. The molecule has 0 atom stereocenters. The van der Waals surface area contributed by atoms with Crippen molar-refractivity contribution in [1.29, 1.82) is 0 Å². The molecule has 0 heterocycles. The van der Waals surface area contributed by atoms with Crippen molar-refractivity contribution in [2.24, 2.45) is 10.9 Å². The first kappa shape index (κ1) is 13.5. The summed E-state index contributed by atoms with van der Waals surface area (Å²) < 4.78 is 0. The van der Waals surface area contributed by atoms with Crippen LogP contribution in [0.4, 0.5) is 4.79 Å². The van der Waals surface area contributed by atoms with Crippen molar-refractivity contribution in [1.82, 2.24) is 10.2 Å². The molecule has 0 aromatic heterocycles. The summed E-state index contributed by atoms with van der Waals surface area (Å²) >= 11 is 0. The van der Waals surface area contributed by atoms with Crippen LogP contribution in [0.2, 0.25) is 0 Å². The number of amides is 2. The highest BCUT2D eigenvalue weighted by molar-refractivity contribution is 5.86. The Balaban J connectivity index is 4.46. The molecule has 0 fully saturated rings. The van der Waals surface area contributed by atoms with E-state index in [2.05, 4.69) is 10.5 Å². The number of urea groups is 1. The second-order valence-corrected chi connectivity index (χ2v) is 3.92. The molecule has 2 amide bonds. The van der Waals surface area contributed by atoms with Crippen molar-refractivity contribution >= 4 is 11.9 Å². The number of carbonyl (C=O) groups is 1. The Hall–Kier alpha value is -1.46. The number of oxime groups is 1. The summed E-state index contributed by atoms with van der Waals surface area (Å²) in [6.45, 7) is 7.60. The van der Waals surface area contributed by atoms with Crippen molar-refractivity contribution in [3.8, 4) is 0 Å². The molecule has 0 aliphatic rings. The lowest BCUT2D eigenvalue weighted by molar-refractivity contribution is 0.189. The maximum Gasteiger partial charge on any atom is 0.318 e. The SMILES string of the molecule is CC(C)NC(=O)N(CC(N)=NO)C(C)C. The number of carbonyl (C=O) groups excluding carboxylic acids is 1. The van der Waals surface area contributed by atoms with Gasteiger partial charge in [-0.1, -0.05) is 5.16 Å². The van der Waals surface area contributed by atoms with E-state index in [1.165, 1.54) is 4.90 Å². The van der Waals surface area contributed by atoms with E-state index in [1.54, 1.807) is 0 Å². The maximum atomic E-state index is 11.7. The lowest BCUT2D eigenvalue weighted by Crippen LogP contribution is -2.49. The van der Waals surface area contributed by atoms with Gasteiger partial charge in [-0.2, -0.15) is 0 Å². The van der Waals surface area contributed by atoms with Gasteiger partial charge in [-0.05, 0) is 27.7 Å². The zero-order chi connectivity index (χ0) is 12.0. The van der Waals surface area contributed by atoms with Crippen LogP contribution in [0.25, 0.3) is 0 Å². The quantitative estimate of drug-likeness (QED) is 0.277. The third-order valence-electron chi connectivity index (χ3n) is 1.76. The van der Waals surface area contributed by atoms with E-state index in [1.807, 2.05) is 27.7 Å². The molecule has 0 spiro atoms. The van der Waals surface area contributed by atoms with Gasteiger partial charge >= 0.3 is 6.03 Å². The lowest BCUT2D eigenvalue weighted by Gasteiger charge is -2.27. The Morgan fingerprint density at radius 1 is 1.47 bits per heavy atom. The molecule has 0 bridgehead atoms. The molecule has 0 aliphatic heterocycles. The van der Waals surface area contributed by atoms with Crippen LogP contribution in [0.5, 0.6) is 0 Å². The minimum absolute atomic E-state index is 0.0101. The Morgan fingerprint density at radius 3 is 2.33 bits per heavy atom. The molecule has 0 saturated carbocycles. The minimum atomic E-state index is -0.216. The van der Waals surface area contributed by atoms with Gasteiger partial charge in [0.2, 0.25) is 0 Å². The normalized spacial score (nSPS) is 12.0. The molecule has 6 nitrogen and oxygen atoms in total. The van der Waals surface area contributed by atoms with E-state index < -0.39 is 0 Å². The fraction of sp³-hybridized carbons (Fsp3) is 0.778. The highest BCUT2D eigenvalue weighted by atomic mass is 16.4. The van der Waals surface area contributed by atoms with Crippen LogP contribution in [-0.4, -0.2) is 40.6 Å². The third-order valence-corrected chi connectivity index (χ3v) is 1.76. The van der Waals surface area contributed by atoms with Gasteiger partial charge in [-0.15, -0.1) is 0 Å². The lowest BCUT2D eigenvalue weighted by atomic mass is 10.3. The molecule has 0 radical (unpaired) electrons. The summed E-state index contributed by atoms with van der Waals surface area (Å²) in [5.74, 6) is 0.0163.